The summed E-state index contributed by atoms with van der Waals surface area (Å²) < 4.78 is 0. The van der Waals surface area contributed by atoms with Crippen LogP contribution in [-0.4, -0.2) is 14.9 Å². The van der Waals surface area contributed by atoms with Crippen LogP contribution in [0.5, 0.6) is 0 Å². The van der Waals surface area contributed by atoms with Gasteiger partial charge < -0.3 is 11.1 Å². The van der Waals surface area contributed by atoms with E-state index < -0.39 is 4.92 Å². The molecule has 94 valence electrons. The largest absolute Gasteiger partial charge is 0.378 e. The molecule has 0 bridgehead atoms. The van der Waals surface area contributed by atoms with Crippen molar-refractivity contribution in [3.8, 4) is 0 Å². The Morgan fingerprint density at radius 2 is 2.28 bits per heavy atom. The third-order valence-corrected chi connectivity index (χ3v) is 3.35. The highest BCUT2D eigenvalue weighted by Crippen LogP contribution is 2.27. The highest BCUT2D eigenvalue weighted by atomic mass is 32.1. The van der Waals surface area contributed by atoms with E-state index in [0.717, 1.165) is 11.1 Å². The highest BCUT2D eigenvalue weighted by Gasteiger charge is 2.20. The van der Waals surface area contributed by atoms with E-state index in [1.54, 1.807) is 11.3 Å². The van der Waals surface area contributed by atoms with Gasteiger partial charge in [-0.25, -0.2) is 9.97 Å². The lowest BCUT2D eigenvalue weighted by atomic mass is 10.2. The van der Waals surface area contributed by atoms with E-state index in [1.165, 1.54) is 6.33 Å². The molecular weight excluding hydrogens is 254 g/mol. The number of hydrogen-bond donors (Lipinski definition) is 2. The van der Waals surface area contributed by atoms with Gasteiger partial charge in [0.15, 0.2) is 0 Å². The van der Waals surface area contributed by atoms with Crippen molar-refractivity contribution in [2.75, 3.05) is 11.1 Å². The third-order valence-electron chi connectivity index (χ3n) is 2.44. The van der Waals surface area contributed by atoms with Crippen molar-refractivity contribution in [3.63, 3.8) is 0 Å². The van der Waals surface area contributed by atoms with Crippen LogP contribution in [0.15, 0.2) is 17.1 Å². The molecule has 0 fully saturated rings. The number of nitrogens with zero attached hydrogens (tertiary/aromatic N) is 3. The van der Waals surface area contributed by atoms with Crippen LogP contribution in [0.25, 0.3) is 0 Å². The molecule has 2 rings (SSSR count). The van der Waals surface area contributed by atoms with E-state index in [4.69, 9.17) is 5.73 Å². The summed E-state index contributed by atoms with van der Waals surface area (Å²) >= 11 is 1.58. The first-order valence-electron chi connectivity index (χ1n) is 5.10. The van der Waals surface area contributed by atoms with E-state index in [9.17, 15) is 10.1 Å². The fraction of sp³-hybridized carbons (Fsp3) is 0.200. The number of rotatable bonds is 4. The first kappa shape index (κ1) is 12.2. The fourth-order valence-electron chi connectivity index (χ4n) is 1.45. The number of nitrogen functional groups attached to an aromatic ring is 1. The van der Waals surface area contributed by atoms with E-state index >= 15 is 0 Å². The van der Waals surface area contributed by atoms with Crippen LogP contribution in [-0.2, 0) is 6.54 Å². The minimum Gasteiger partial charge on any atom is -0.378 e. The predicted molar refractivity (Wildman–Crippen MR) is 69.5 cm³/mol. The Labute approximate surface area is 107 Å². The molecule has 0 aliphatic carbocycles. The van der Waals surface area contributed by atoms with Gasteiger partial charge in [-0.05, 0) is 28.8 Å². The summed E-state index contributed by atoms with van der Waals surface area (Å²) in [5.74, 6) is -0.00218. The summed E-state index contributed by atoms with van der Waals surface area (Å²) in [6.07, 6.45) is 1.20. The Balaban J connectivity index is 2.22. The number of thiophene rings is 1. The Morgan fingerprint density at radius 1 is 1.50 bits per heavy atom. The average Bonchev–Trinajstić information content (AvgIpc) is 2.71. The summed E-state index contributed by atoms with van der Waals surface area (Å²) in [7, 11) is 0. The van der Waals surface area contributed by atoms with Crippen molar-refractivity contribution in [3.05, 3.63) is 38.3 Å². The van der Waals surface area contributed by atoms with Crippen LogP contribution in [0.4, 0.5) is 17.3 Å². The second-order valence-electron chi connectivity index (χ2n) is 3.65. The Kier molecular flexibility index (Phi) is 3.38. The molecule has 0 amide bonds. The maximum Gasteiger partial charge on any atom is 0.352 e. The fourth-order valence-corrected chi connectivity index (χ4v) is 2.31. The molecule has 0 aromatic carbocycles. The molecule has 0 aliphatic heterocycles. The Bertz CT molecular complexity index is 583. The van der Waals surface area contributed by atoms with Gasteiger partial charge >= 0.3 is 5.69 Å². The van der Waals surface area contributed by atoms with Crippen LogP contribution < -0.4 is 11.1 Å². The number of anilines is 2. The second-order valence-corrected chi connectivity index (χ2v) is 4.39. The SMILES string of the molecule is Cc1cscc1CNc1ncnc(N)c1[N+](=O)[O-]. The summed E-state index contributed by atoms with van der Waals surface area (Å²) in [5.41, 5.74) is 7.40. The van der Waals surface area contributed by atoms with Crippen molar-refractivity contribution in [2.45, 2.75) is 13.5 Å². The zero-order valence-corrected chi connectivity index (χ0v) is 10.4. The number of nitrogens with two attached hydrogens (primary N) is 1. The molecule has 0 aliphatic rings. The van der Waals surface area contributed by atoms with Gasteiger partial charge in [-0.15, -0.1) is 0 Å². The normalized spacial score (nSPS) is 10.3. The third kappa shape index (κ3) is 2.38. The molecule has 0 spiro atoms. The number of aryl methyl sites for hydroxylation is 1. The molecule has 0 saturated heterocycles. The standard InChI is InChI=1S/C10H11N5O2S/c1-6-3-18-4-7(6)2-12-10-8(15(16)17)9(11)13-5-14-10/h3-5H,2H2,1H3,(H3,11,12,13,14). The quantitative estimate of drug-likeness (QED) is 0.646. The number of nitrogens with one attached hydrogen (secondary N) is 1. The molecule has 0 saturated carbocycles. The van der Waals surface area contributed by atoms with Crippen LogP contribution in [0.2, 0.25) is 0 Å². The lowest BCUT2D eigenvalue weighted by Gasteiger charge is -2.06. The van der Waals surface area contributed by atoms with Gasteiger partial charge in [0.1, 0.15) is 6.33 Å². The van der Waals surface area contributed by atoms with Gasteiger partial charge in [-0.3, -0.25) is 10.1 Å². The van der Waals surface area contributed by atoms with Crippen LogP contribution in [0.1, 0.15) is 11.1 Å². The van der Waals surface area contributed by atoms with Gasteiger partial charge in [0.2, 0.25) is 11.6 Å². The molecule has 2 heterocycles. The van der Waals surface area contributed by atoms with Crippen molar-refractivity contribution in [2.24, 2.45) is 0 Å². The van der Waals surface area contributed by atoms with E-state index in [2.05, 4.69) is 15.3 Å². The summed E-state index contributed by atoms with van der Waals surface area (Å²) in [4.78, 5) is 17.8. The highest BCUT2D eigenvalue weighted by molar-refractivity contribution is 7.08. The maximum absolute atomic E-state index is 10.9. The summed E-state index contributed by atoms with van der Waals surface area (Å²) in [6.45, 7) is 2.45. The van der Waals surface area contributed by atoms with E-state index in [1.807, 2.05) is 17.7 Å². The van der Waals surface area contributed by atoms with Gasteiger partial charge in [0, 0.05) is 6.54 Å². The van der Waals surface area contributed by atoms with Crippen LogP contribution in [0.3, 0.4) is 0 Å². The molecule has 2 aromatic heterocycles. The molecule has 7 nitrogen and oxygen atoms in total. The lowest BCUT2D eigenvalue weighted by Crippen LogP contribution is -2.08. The first-order valence-corrected chi connectivity index (χ1v) is 6.04. The lowest BCUT2D eigenvalue weighted by molar-refractivity contribution is -0.383. The minimum absolute atomic E-state index is 0.137. The zero-order valence-electron chi connectivity index (χ0n) is 9.58. The van der Waals surface area contributed by atoms with Crippen LogP contribution >= 0.6 is 11.3 Å². The molecule has 3 N–H and O–H groups in total. The minimum atomic E-state index is -0.585. The Hall–Kier alpha value is -2.22. The van der Waals surface area contributed by atoms with E-state index in [-0.39, 0.29) is 17.3 Å². The smallest absolute Gasteiger partial charge is 0.352 e. The van der Waals surface area contributed by atoms with E-state index in [0.29, 0.717) is 6.54 Å². The molecule has 0 atom stereocenters. The molecule has 0 unspecified atom stereocenters. The zero-order chi connectivity index (χ0) is 13.1. The predicted octanol–water partition coefficient (Wildman–Crippen LogP) is 1.95. The molecule has 2 aromatic rings. The molecule has 0 radical (unpaired) electrons. The average molecular weight is 265 g/mol. The summed E-state index contributed by atoms with van der Waals surface area (Å²) in [6, 6.07) is 0. The van der Waals surface area contributed by atoms with Gasteiger partial charge in [0.25, 0.3) is 0 Å². The van der Waals surface area contributed by atoms with Crippen molar-refractivity contribution in [1.82, 2.24) is 9.97 Å². The van der Waals surface area contributed by atoms with Crippen LogP contribution in [0, 0.1) is 17.0 Å². The number of hydrogen-bond acceptors (Lipinski definition) is 7. The molecular formula is C10H11N5O2S. The molecule has 8 heteroatoms. The van der Waals surface area contributed by atoms with Crippen molar-refractivity contribution >= 4 is 28.7 Å². The van der Waals surface area contributed by atoms with Crippen molar-refractivity contribution < 1.29 is 4.92 Å². The topological polar surface area (TPSA) is 107 Å². The molecule has 18 heavy (non-hydrogen) atoms. The maximum atomic E-state index is 10.9. The Morgan fingerprint density at radius 3 is 2.89 bits per heavy atom. The monoisotopic (exact) mass is 265 g/mol. The van der Waals surface area contributed by atoms with Gasteiger partial charge in [-0.1, -0.05) is 0 Å². The van der Waals surface area contributed by atoms with Gasteiger partial charge in [-0.2, -0.15) is 11.3 Å². The van der Waals surface area contributed by atoms with Crippen molar-refractivity contribution in [1.29, 1.82) is 0 Å². The second kappa shape index (κ2) is 4.96. The summed E-state index contributed by atoms with van der Waals surface area (Å²) in [5, 5.41) is 17.8. The first-order chi connectivity index (χ1) is 8.59. The number of aromatic nitrogens is 2. The number of nitro groups is 1. The van der Waals surface area contributed by atoms with Gasteiger partial charge in [0.05, 0.1) is 4.92 Å².